The third-order valence-corrected chi connectivity index (χ3v) is 6.49. The Labute approximate surface area is 159 Å². The number of halogens is 1. The fraction of sp³-hybridized carbons (Fsp3) is 0.412. The topological polar surface area (TPSA) is 3.24 Å². The largest absolute Gasteiger partial charge is 2.00 e. The number of rotatable bonds is 3. The second-order valence-corrected chi connectivity index (χ2v) is 12.6. The van der Waals surface area contributed by atoms with Gasteiger partial charge in [-0.25, -0.2) is 0 Å². The van der Waals surface area contributed by atoms with Crippen molar-refractivity contribution >= 4 is 30.7 Å². The molecule has 116 valence electrons. The molecule has 2 saturated carbocycles. The van der Waals surface area contributed by atoms with Crippen LogP contribution in [0.15, 0.2) is 0 Å². The summed E-state index contributed by atoms with van der Waals surface area (Å²) in [6.07, 6.45) is 14.6. The summed E-state index contributed by atoms with van der Waals surface area (Å²) in [6, 6.07) is 0.522. The van der Waals surface area contributed by atoms with Gasteiger partial charge in [0.15, 0.2) is 0 Å². The zero-order chi connectivity index (χ0) is 15.3. The van der Waals surface area contributed by atoms with Crippen LogP contribution in [0.4, 0.5) is 0 Å². The molecule has 21 heavy (non-hydrogen) atoms. The predicted octanol–water partition coefficient (Wildman–Crippen LogP) is 4.37. The molecule has 0 bridgehead atoms. The second kappa shape index (κ2) is 10.3. The van der Waals surface area contributed by atoms with Crippen LogP contribution in [0.5, 0.6) is 0 Å². The molecule has 0 N–H and O–H groups in total. The third kappa shape index (κ3) is 7.24. The molecule has 1 atom stereocenters. The van der Waals surface area contributed by atoms with Gasteiger partial charge in [-0.2, -0.15) is 0 Å². The first-order chi connectivity index (χ1) is 9.25. The van der Waals surface area contributed by atoms with Crippen LogP contribution >= 0.6 is 22.6 Å². The zero-order valence-corrected chi connectivity index (χ0v) is 18.1. The van der Waals surface area contributed by atoms with Crippen LogP contribution in [0, 0.1) is 60.3 Å². The molecule has 0 aliphatic heterocycles. The molecular formula is C17H26FeINSi+2. The Hall–Kier alpha value is 1.43. The summed E-state index contributed by atoms with van der Waals surface area (Å²) >= 11 is 2.47. The Morgan fingerprint density at radius 2 is 1.38 bits per heavy atom. The van der Waals surface area contributed by atoms with Gasteiger partial charge in [-0.3, -0.25) is 0 Å². The molecule has 10 radical (unpaired) electrons. The van der Waals surface area contributed by atoms with Crippen molar-refractivity contribution in [2.75, 3.05) is 14.1 Å². The minimum absolute atomic E-state index is 0. The van der Waals surface area contributed by atoms with E-state index in [0.29, 0.717) is 6.04 Å². The Balaban J connectivity index is 0.000000562. The van der Waals surface area contributed by atoms with Gasteiger partial charge in [0.25, 0.3) is 0 Å². The van der Waals surface area contributed by atoms with Gasteiger partial charge < -0.3 is 4.90 Å². The minimum atomic E-state index is -1.20. The molecule has 1 nitrogen and oxygen atoms in total. The molecule has 0 amide bonds. The van der Waals surface area contributed by atoms with Crippen LogP contribution in [0.2, 0.25) is 19.6 Å². The van der Waals surface area contributed by atoms with Crippen molar-refractivity contribution < 1.29 is 17.1 Å². The maximum Gasteiger partial charge on any atom is 2.00 e. The Morgan fingerprint density at radius 3 is 1.71 bits per heavy atom. The average molecular weight is 455 g/mol. The molecular weight excluding hydrogens is 429 g/mol. The van der Waals surface area contributed by atoms with Gasteiger partial charge in [0.2, 0.25) is 0 Å². The van der Waals surface area contributed by atoms with Gasteiger partial charge in [0.1, 0.15) is 0 Å². The molecule has 0 heterocycles. The summed E-state index contributed by atoms with van der Waals surface area (Å²) in [5.41, 5.74) is 1.62. The van der Waals surface area contributed by atoms with Crippen LogP contribution < -0.4 is 0 Å². The Morgan fingerprint density at radius 1 is 0.952 bits per heavy atom. The number of nitrogens with zero attached hydrogens (tertiary/aromatic N) is 1. The van der Waals surface area contributed by atoms with E-state index >= 15 is 0 Å². The van der Waals surface area contributed by atoms with Gasteiger partial charge in [0, 0.05) is 15.9 Å². The van der Waals surface area contributed by atoms with E-state index in [4.69, 9.17) is 0 Å². The summed E-state index contributed by atoms with van der Waals surface area (Å²) in [5, 5.41) is 0. The molecule has 0 aromatic rings. The predicted molar refractivity (Wildman–Crippen MR) is 100 cm³/mol. The minimum Gasteiger partial charge on any atom is -0.306 e. The summed E-state index contributed by atoms with van der Waals surface area (Å²) in [6.45, 7) is 9.56. The normalized spacial score (nSPS) is 22.9. The summed E-state index contributed by atoms with van der Waals surface area (Å²) in [7, 11) is 3.11. The first-order valence-electron chi connectivity index (χ1n) is 7.03. The van der Waals surface area contributed by atoms with E-state index in [9.17, 15) is 0 Å². The molecule has 0 aromatic heterocycles. The van der Waals surface area contributed by atoms with Gasteiger partial charge in [0.05, 0.1) is 8.07 Å². The van der Waals surface area contributed by atoms with E-state index in [0.717, 1.165) is 0 Å². The van der Waals surface area contributed by atoms with Gasteiger partial charge in [-0.05, 0) is 71.5 Å². The number of hydrogen-bond donors (Lipinski definition) is 0. The van der Waals surface area contributed by atoms with Crippen LogP contribution in [0.1, 0.15) is 6.92 Å². The molecule has 0 aromatic carbocycles. The van der Waals surface area contributed by atoms with E-state index in [-0.39, 0.29) is 17.1 Å². The van der Waals surface area contributed by atoms with Crippen LogP contribution in [-0.4, -0.2) is 33.1 Å². The van der Waals surface area contributed by atoms with Gasteiger partial charge >= 0.3 is 17.1 Å². The molecule has 0 saturated heterocycles. The van der Waals surface area contributed by atoms with Crippen LogP contribution in [-0.2, 0) is 17.1 Å². The van der Waals surface area contributed by atoms with E-state index < -0.39 is 8.07 Å². The molecule has 2 rings (SSSR count). The van der Waals surface area contributed by atoms with E-state index in [1.807, 2.05) is 32.1 Å². The Bertz CT molecular complexity index is 269. The molecule has 2 aliphatic carbocycles. The first-order valence-corrected chi connectivity index (χ1v) is 11.6. The Kier molecular flexibility index (Phi) is 11.0. The van der Waals surface area contributed by atoms with Crippen molar-refractivity contribution in [1.29, 1.82) is 0 Å². The van der Waals surface area contributed by atoms with E-state index in [1.165, 1.54) is 3.92 Å². The smallest absolute Gasteiger partial charge is 0.306 e. The number of hydrogen-bond acceptors (Lipinski definition) is 1. The fourth-order valence-corrected chi connectivity index (χ4v) is 5.03. The summed E-state index contributed by atoms with van der Waals surface area (Å²) in [4.78, 5) is 2.29. The molecule has 2 aliphatic rings. The quantitative estimate of drug-likeness (QED) is 0.452. The monoisotopic (exact) mass is 455 g/mol. The standard InChI is InChI=1S/C12H21INSi.C5H5.Fe/c1-9(14(2)3)12-10(13)7-8-11(12)15(4,5)6;1-2-4-5-3-1;/h7-9H,1-6H3;1-5H;/q;;+2/t9-;;/m1../s1. The van der Waals surface area contributed by atoms with Crippen molar-refractivity contribution in [3.05, 3.63) is 60.3 Å². The fourth-order valence-electron chi connectivity index (χ4n) is 2.12. The van der Waals surface area contributed by atoms with Gasteiger partial charge in [-0.1, -0.05) is 42.2 Å². The van der Waals surface area contributed by atoms with Crippen LogP contribution in [0.3, 0.4) is 0 Å². The maximum absolute atomic E-state index is 2.47. The molecule has 0 unspecified atom stereocenters. The van der Waals surface area contributed by atoms with Crippen molar-refractivity contribution in [3.63, 3.8) is 0 Å². The zero-order valence-electron chi connectivity index (χ0n) is 13.8. The van der Waals surface area contributed by atoms with Crippen molar-refractivity contribution in [1.82, 2.24) is 4.90 Å². The second-order valence-electron chi connectivity index (χ2n) is 6.36. The first kappa shape index (κ1) is 22.4. The van der Waals surface area contributed by atoms with E-state index in [1.54, 1.807) is 11.5 Å². The van der Waals surface area contributed by atoms with Crippen molar-refractivity contribution in [2.45, 2.75) is 32.6 Å². The van der Waals surface area contributed by atoms with E-state index in [2.05, 4.69) is 81.0 Å². The maximum atomic E-state index is 2.47. The molecule has 4 heteroatoms. The third-order valence-electron chi connectivity index (χ3n) is 3.50. The molecule has 2 fully saturated rings. The summed E-state index contributed by atoms with van der Waals surface area (Å²) < 4.78 is 1.42. The van der Waals surface area contributed by atoms with Crippen molar-refractivity contribution in [3.8, 4) is 0 Å². The van der Waals surface area contributed by atoms with Gasteiger partial charge in [-0.15, -0.1) is 0 Å². The van der Waals surface area contributed by atoms with Crippen LogP contribution in [0.25, 0.3) is 0 Å². The molecule has 0 spiro atoms. The summed E-state index contributed by atoms with van der Waals surface area (Å²) in [5.74, 6) is 1.56. The van der Waals surface area contributed by atoms with Crippen molar-refractivity contribution in [2.24, 2.45) is 0 Å². The SMILES string of the molecule is C[C@H]([C]1[C](I)[CH][CH][C]1[Si](C)(C)C)N(C)C.[CH]1[CH][CH][CH][CH]1.[Fe+2]. The average Bonchev–Trinajstić information content (AvgIpc) is 2.98.